The van der Waals surface area contributed by atoms with E-state index in [1.165, 1.54) is 10.9 Å². The molecule has 2 aromatic carbocycles. The molecule has 5 aromatic rings. The second kappa shape index (κ2) is 15.0. The molecule has 3 aliphatic rings. The van der Waals surface area contributed by atoms with E-state index in [2.05, 4.69) is 33.2 Å². The SMILES string of the molecule is C=S(C)(=O)Cc1nn(C)c2c(-c3ccc(C#CC4(O)CCCNC4)nc3[C@@H](CC(=O)Cn3nc(C(F)(F)F)c4c3C(F)(F)[C@@H]3C[C@H]43)Cc3cc(F)cc(F)c3)ccc(Cl)c12. The standard InChI is InChI=1S/C42H38ClF7N6O3S/c1-55-37-29(7-8-32(43)35(37)33(53-55)20-60(2,3)59)28-6-5-26(9-11-40(58)10-4-12-51-21-40)52-36(28)23(13-22-14-24(44)17-25(45)15-22)16-27(57)19-56-39-34(38(54-56)42(48,49)50)30-18-31(30)41(39,46)47/h5-8,14-15,17,23,30-31,51,58H,2,4,10,12-13,16,18-21H2,1,3H3/t23-,30+,31-,40?,60?/m1/s1. The Bertz CT molecular complexity index is 2730. The number of piperidine rings is 1. The first-order valence-corrected chi connectivity index (χ1v) is 21.7. The van der Waals surface area contributed by atoms with Crippen molar-refractivity contribution in [2.24, 2.45) is 13.0 Å². The van der Waals surface area contributed by atoms with E-state index in [9.17, 15) is 36.1 Å². The van der Waals surface area contributed by atoms with Crippen molar-refractivity contribution in [1.29, 1.82) is 0 Å². The number of nitrogens with one attached hydrogen (secondary N) is 1. The van der Waals surface area contributed by atoms with Gasteiger partial charge < -0.3 is 10.4 Å². The van der Waals surface area contributed by atoms with Crippen LogP contribution in [0.3, 0.4) is 0 Å². The molecule has 4 heterocycles. The Balaban J connectivity index is 1.28. The van der Waals surface area contributed by atoms with Crippen LogP contribution >= 0.6 is 11.6 Å². The van der Waals surface area contributed by atoms with Crippen LogP contribution in [0.5, 0.6) is 0 Å². The van der Waals surface area contributed by atoms with Crippen molar-refractivity contribution in [2.75, 3.05) is 19.3 Å². The molecule has 2 N–H and O–H groups in total. The third kappa shape index (κ3) is 8.06. The highest BCUT2D eigenvalue weighted by Crippen LogP contribution is 2.68. The van der Waals surface area contributed by atoms with Crippen LogP contribution in [0.1, 0.15) is 77.1 Å². The van der Waals surface area contributed by atoms with Gasteiger partial charge in [0, 0.05) is 66.2 Å². The third-order valence-corrected chi connectivity index (χ3v) is 12.4. The minimum atomic E-state index is -5.05. The molecule has 1 aliphatic heterocycles. The molecule has 1 saturated heterocycles. The Morgan fingerprint density at radius 2 is 1.85 bits per heavy atom. The number of halogens is 8. The Kier molecular flexibility index (Phi) is 10.5. The number of alkyl halides is 5. The molecule has 1 saturated carbocycles. The number of β-amino-alcohol motifs (C(OH)–C–C–N with tert-alkyl or cyclic N) is 1. The van der Waals surface area contributed by atoms with Gasteiger partial charge in [0.2, 0.25) is 0 Å². The Morgan fingerprint density at radius 3 is 2.52 bits per heavy atom. The van der Waals surface area contributed by atoms with E-state index in [4.69, 9.17) is 16.6 Å². The molecular formula is C42H38ClF7N6O3S. The number of pyridine rings is 1. The number of nitrogens with zero attached hydrogens (tertiary/aromatic N) is 5. The number of aromatic nitrogens is 5. The Morgan fingerprint density at radius 1 is 1.13 bits per heavy atom. The van der Waals surface area contributed by atoms with Gasteiger partial charge in [-0.1, -0.05) is 23.6 Å². The fraction of sp³-hybridized carbons (Fsp3) is 0.405. The Hall–Kier alpha value is -4.76. The number of aryl methyl sites for hydroxylation is 1. The van der Waals surface area contributed by atoms with Crippen LogP contribution in [0, 0.1) is 29.4 Å². The summed E-state index contributed by atoms with van der Waals surface area (Å²) in [6, 6.07) is 9.30. The summed E-state index contributed by atoms with van der Waals surface area (Å²) in [6.07, 6.45) is -3.44. The molecule has 2 fully saturated rings. The van der Waals surface area contributed by atoms with Crippen molar-refractivity contribution in [3.63, 3.8) is 0 Å². The number of rotatable bonds is 10. The molecule has 0 radical (unpaired) electrons. The second-order valence-corrected chi connectivity index (χ2v) is 19.2. The minimum absolute atomic E-state index is 0.0130. The first kappa shape index (κ1) is 42.0. The molecule has 3 aromatic heterocycles. The minimum Gasteiger partial charge on any atom is -0.376 e. The van der Waals surface area contributed by atoms with Crippen molar-refractivity contribution in [1.82, 2.24) is 29.9 Å². The fourth-order valence-corrected chi connectivity index (χ4v) is 9.75. The lowest BCUT2D eigenvalue weighted by molar-refractivity contribution is -0.142. The molecule has 18 heteroatoms. The first-order valence-electron chi connectivity index (χ1n) is 19.1. The van der Waals surface area contributed by atoms with Gasteiger partial charge in [-0.2, -0.15) is 32.1 Å². The third-order valence-electron chi connectivity index (χ3n) is 11.2. The van der Waals surface area contributed by atoms with Crippen LogP contribution in [0.15, 0.2) is 42.5 Å². The van der Waals surface area contributed by atoms with E-state index < -0.39 is 92.3 Å². The van der Waals surface area contributed by atoms with E-state index in [1.54, 1.807) is 31.3 Å². The summed E-state index contributed by atoms with van der Waals surface area (Å²) in [7, 11) is -0.954. The highest BCUT2D eigenvalue weighted by Gasteiger charge is 2.68. The predicted molar refractivity (Wildman–Crippen MR) is 212 cm³/mol. The summed E-state index contributed by atoms with van der Waals surface area (Å²) >= 11 is 6.73. The van der Waals surface area contributed by atoms with Crippen molar-refractivity contribution in [2.45, 2.75) is 73.9 Å². The number of hydrogen-bond acceptors (Lipinski definition) is 7. The molecule has 0 spiro atoms. The van der Waals surface area contributed by atoms with Crippen LogP contribution in [0.25, 0.3) is 22.0 Å². The number of ketones is 1. The lowest BCUT2D eigenvalue weighted by atomic mass is 9.86. The average molecular weight is 875 g/mol. The summed E-state index contributed by atoms with van der Waals surface area (Å²) in [6.45, 7) is -0.0532. The maximum atomic E-state index is 15.5. The normalized spacial score (nSPS) is 22.1. The zero-order valence-corrected chi connectivity index (χ0v) is 33.8. The molecule has 2 aliphatic carbocycles. The number of fused-ring (bicyclic) bond motifs is 4. The van der Waals surface area contributed by atoms with Crippen LogP contribution in [-0.4, -0.2) is 70.5 Å². The van der Waals surface area contributed by atoms with Crippen LogP contribution in [0.4, 0.5) is 30.7 Å². The zero-order chi connectivity index (χ0) is 43.1. The van der Waals surface area contributed by atoms with Crippen LogP contribution < -0.4 is 5.32 Å². The van der Waals surface area contributed by atoms with Crippen molar-refractivity contribution >= 4 is 43.7 Å². The molecule has 9 nitrogen and oxygen atoms in total. The molecular weight excluding hydrogens is 837 g/mol. The molecule has 5 atom stereocenters. The van der Waals surface area contributed by atoms with E-state index in [0.29, 0.717) is 57.9 Å². The summed E-state index contributed by atoms with van der Waals surface area (Å²) < 4.78 is 118. The van der Waals surface area contributed by atoms with E-state index in [1.807, 2.05) is 0 Å². The van der Waals surface area contributed by atoms with Gasteiger partial charge in [0.05, 0.1) is 27.7 Å². The first-order chi connectivity index (χ1) is 28.1. The largest absolute Gasteiger partial charge is 0.435 e. The Labute approximate surface area is 345 Å². The van der Waals surface area contributed by atoms with Gasteiger partial charge in [-0.3, -0.25) is 18.4 Å². The number of carbonyl (C=O) groups is 1. The van der Waals surface area contributed by atoms with E-state index in [-0.39, 0.29) is 47.1 Å². The van der Waals surface area contributed by atoms with Crippen molar-refractivity contribution < 1.29 is 44.8 Å². The second-order valence-electron chi connectivity index (χ2n) is 16.2. The van der Waals surface area contributed by atoms with Gasteiger partial charge in [0.15, 0.2) is 11.5 Å². The van der Waals surface area contributed by atoms with Crippen LogP contribution in [0.2, 0.25) is 5.02 Å². The van der Waals surface area contributed by atoms with E-state index >= 15 is 8.78 Å². The van der Waals surface area contributed by atoms with Gasteiger partial charge in [0.25, 0.3) is 5.92 Å². The molecule has 60 heavy (non-hydrogen) atoms. The average Bonchev–Trinajstić information content (AvgIpc) is 3.68. The lowest BCUT2D eigenvalue weighted by Crippen LogP contribution is -2.44. The summed E-state index contributed by atoms with van der Waals surface area (Å²) in [5.74, 6) is -0.179. The number of Topliss-reactive ketones (excluding diaryl/α,β-unsaturated/α-hetero) is 1. The maximum absolute atomic E-state index is 15.5. The van der Waals surface area contributed by atoms with Crippen molar-refractivity contribution in [3.05, 3.63) is 98.7 Å². The summed E-state index contributed by atoms with van der Waals surface area (Å²) in [5, 5.41) is 23.1. The molecule has 316 valence electrons. The number of benzene rings is 2. The monoisotopic (exact) mass is 874 g/mol. The number of carbonyl (C=O) groups excluding carboxylic acids is 1. The smallest absolute Gasteiger partial charge is 0.376 e. The highest BCUT2D eigenvalue weighted by molar-refractivity contribution is 7.98. The summed E-state index contributed by atoms with van der Waals surface area (Å²) in [5.41, 5.74) is -2.24. The molecule has 0 amide bonds. The van der Waals surface area contributed by atoms with E-state index in [0.717, 1.165) is 12.1 Å². The quantitative estimate of drug-likeness (QED) is 0.0862. The summed E-state index contributed by atoms with van der Waals surface area (Å²) in [4.78, 5) is 19.0. The number of hydrogen-bond donors (Lipinski definition) is 2. The number of aliphatic hydroxyl groups is 1. The lowest BCUT2D eigenvalue weighted by Gasteiger charge is -2.27. The van der Waals surface area contributed by atoms with Gasteiger partial charge in [-0.25, -0.2) is 13.8 Å². The van der Waals surface area contributed by atoms with Crippen LogP contribution in [-0.2, 0) is 52.2 Å². The predicted octanol–water partition coefficient (Wildman–Crippen LogP) is 7.29. The van der Waals surface area contributed by atoms with Gasteiger partial charge in [-0.05, 0) is 95.4 Å². The topological polar surface area (TPSA) is 115 Å². The molecule has 2 unspecified atom stereocenters. The molecule has 0 bridgehead atoms. The van der Waals surface area contributed by atoms with Gasteiger partial charge in [-0.15, -0.1) is 0 Å². The molecule has 8 rings (SSSR count). The highest BCUT2D eigenvalue weighted by atomic mass is 35.5. The van der Waals surface area contributed by atoms with Crippen molar-refractivity contribution in [3.8, 4) is 23.0 Å². The van der Waals surface area contributed by atoms with Gasteiger partial charge >= 0.3 is 6.18 Å². The van der Waals surface area contributed by atoms with Gasteiger partial charge in [0.1, 0.15) is 35.2 Å². The fourth-order valence-electron chi connectivity index (χ4n) is 8.70. The zero-order valence-electron chi connectivity index (χ0n) is 32.3. The maximum Gasteiger partial charge on any atom is 0.435 e.